The lowest BCUT2D eigenvalue weighted by atomic mass is 9.94. The summed E-state index contributed by atoms with van der Waals surface area (Å²) in [7, 11) is 0. The summed E-state index contributed by atoms with van der Waals surface area (Å²) < 4.78 is 0. The Bertz CT molecular complexity index is 321. The lowest BCUT2D eigenvalue weighted by Gasteiger charge is -2.43. The molecule has 96 valence electrons. The van der Waals surface area contributed by atoms with Crippen molar-refractivity contribution < 1.29 is 9.59 Å². The van der Waals surface area contributed by atoms with Crippen LogP contribution in [0.4, 0.5) is 0 Å². The molecule has 2 amide bonds. The van der Waals surface area contributed by atoms with Gasteiger partial charge < -0.3 is 10.2 Å². The number of hydrogen-bond donors (Lipinski definition) is 1. The van der Waals surface area contributed by atoms with E-state index in [-0.39, 0.29) is 29.9 Å². The molecule has 2 fully saturated rings. The number of amides is 2. The first kappa shape index (κ1) is 12.4. The molecule has 1 N–H and O–H groups in total. The molecule has 0 radical (unpaired) electrons. The predicted octanol–water partition coefficient (Wildman–Crippen LogP) is 1.45. The summed E-state index contributed by atoms with van der Waals surface area (Å²) in [6.07, 6.45) is 6.06. The summed E-state index contributed by atoms with van der Waals surface area (Å²) in [5.74, 6) is 0.118. The summed E-state index contributed by atoms with van der Waals surface area (Å²) in [4.78, 5) is 25.9. The third kappa shape index (κ3) is 2.31. The van der Waals surface area contributed by atoms with E-state index in [1.807, 2.05) is 11.8 Å². The van der Waals surface area contributed by atoms with Crippen LogP contribution in [0.1, 0.15) is 52.4 Å². The minimum absolute atomic E-state index is 0.00354. The molecular formula is C13H22N2O2. The van der Waals surface area contributed by atoms with Crippen LogP contribution >= 0.6 is 0 Å². The molecule has 0 spiro atoms. The van der Waals surface area contributed by atoms with Gasteiger partial charge in [-0.1, -0.05) is 26.2 Å². The Hall–Kier alpha value is -1.06. The van der Waals surface area contributed by atoms with E-state index >= 15 is 0 Å². The van der Waals surface area contributed by atoms with E-state index in [2.05, 4.69) is 12.2 Å². The van der Waals surface area contributed by atoms with Gasteiger partial charge in [-0.25, -0.2) is 0 Å². The van der Waals surface area contributed by atoms with Gasteiger partial charge in [0.2, 0.25) is 11.8 Å². The zero-order valence-electron chi connectivity index (χ0n) is 10.8. The molecule has 1 unspecified atom stereocenters. The second-order valence-electron chi connectivity index (χ2n) is 5.54. The first-order chi connectivity index (χ1) is 8.07. The third-order valence-corrected chi connectivity index (χ3v) is 4.11. The van der Waals surface area contributed by atoms with Gasteiger partial charge in [-0.15, -0.1) is 0 Å². The maximum absolute atomic E-state index is 12.4. The van der Waals surface area contributed by atoms with Gasteiger partial charge in [0.25, 0.3) is 0 Å². The van der Waals surface area contributed by atoms with Gasteiger partial charge in [0.1, 0.15) is 12.6 Å². The molecule has 1 aliphatic carbocycles. The Morgan fingerprint density at radius 2 is 2.00 bits per heavy atom. The molecule has 4 nitrogen and oxygen atoms in total. The second-order valence-corrected chi connectivity index (χ2v) is 5.54. The largest absolute Gasteiger partial charge is 0.343 e. The maximum atomic E-state index is 12.4. The number of hydrogen-bond acceptors (Lipinski definition) is 2. The van der Waals surface area contributed by atoms with E-state index in [1.54, 1.807) is 0 Å². The standard InChI is InChI=1S/C13H22N2O2/c1-3-6-10-12(17)15(9-11(16)14-10)13(2)7-4-5-8-13/h10H,3-9H2,1-2H3,(H,14,16). The molecular weight excluding hydrogens is 216 g/mol. The summed E-state index contributed by atoms with van der Waals surface area (Å²) >= 11 is 0. The fourth-order valence-electron chi connectivity index (χ4n) is 3.06. The number of piperazine rings is 1. The highest BCUT2D eigenvalue weighted by atomic mass is 16.2. The maximum Gasteiger partial charge on any atom is 0.246 e. The van der Waals surface area contributed by atoms with E-state index in [9.17, 15) is 9.59 Å². The highest BCUT2D eigenvalue weighted by Crippen LogP contribution is 2.35. The van der Waals surface area contributed by atoms with Crippen LogP contribution in [0.3, 0.4) is 0 Å². The first-order valence-electron chi connectivity index (χ1n) is 6.68. The number of carbonyl (C=O) groups is 2. The SMILES string of the molecule is CCCC1NC(=O)CN(C2(C)CCCC2)C1=O. The topological polar surface area (TPSA) is 49.4 Å². The van der Waals surface area contributed by atoms with Crippen molar-refractivity contribution in [2.24, 2.45) is 0 Å². The van der Waals surface area contributed by atoms with Crippen molar-refractivity contribution in [3.63, 3.8) is 0 Å². The minimum Gasteiger partial charge on any atom is -0.343 e. The zero-order chi connectivity index (χ0) is 12.5. The fraction of sp³-hybridized carbons (Fsp3) is 0.846. The van der Waals surface area contributed by atoms with E-state index < -0.39 is 0 Å². The van der Waals surface area contributed by atoms with Crippen LogP contribution in [0, 0.1) is 0 Å². The Morgan fingerprint density at radius 1 is 1.35 bits per heavy atom. The minimum atomic E-state index is -0.293. The molecule has 2 aliphatic rings. The average Bonchev–Trinajstić information content (AvgIpc) is 2.71. The fourth-order valence-corrected chi connectivity index (χ4v) is 3.06. The number of nitrogens with zero attached hydrogens (tertiary/aromatic N) is 1. The van der Waals surface area contributed by atoms with Gasteiger partial charge in [0, 0.05) is 5.54 Å². The van der Waals surface area contributed by atoms with Gasteiger partial charge in [-0.3, -0.25) is 9.59 Å². The van der Waals surface area contributed by atoms with E-state index in [0.29, 0.717) is 0 Å². The summed E-state index contributed by atoms with van der Waals surface area (Å²) in [5, 5.41) is 2.81. The van der Waals surface area contributed by atoms with Gasteiger partial charge in [-0.2, -0.15) is 0 Å². The van der Waals surface area contributed by atoms with Crippen LogP contribution in [0.25, 0.3) is 0 Å². The Kier molecular flexibility index (Phi) is 3.40. The van der Waals surface area contributed by atoms with Gasteiger partial charge >= 0.3 is 0 Å². The Balaban J connectivity index is 2.15. The molecule has 1 atom stereocenters. The first-order valence-corrected chi connectivity index (χ1v) is 6.68. The highest BCUT2D eigenvalue weighted by molar-refractivity contribution is 5.95. The molecule has 0 aromatic heterocycles. The lowest BCUT2D eigenvalue weighted by Crippen LogP contribution is -2.63. The molecule has 4 heteroatoms. The molecule has 1 saturated carbocycles. The third-order valence-electron chi connectivity index (χ3n) is 4.11. The van der Waals surface area contributed by atoms with Crippen molar-refractivity contribution in [1.82, 2.24) is 10.2 Å². The number of carbonyl (C=O) groups excluding carboxylic acids is 2. The van der Waals surface area contributed by atoms with Crippen molar-refractivity contribution in [2.75, 3.05) is 6.54 Å². The molecule has 0 aromatic carbocycles. The van der Waals surface area contributed by atoms with E-state index in [1.165, 1.54) is 12.8 Å². The van der Waals surface area contributed by atoms with E-state index in [4.69, 9.17) is 0 Å². The van der Waals surface area contributed by atoms with Crippen molar-refractivity contribution in [2.45, 2.75) is 64.0 Å². The molecule has 17 heavy (non-hydrogen) atoms. The van der Waals surface area contributed by atoms with Gasteiger partial charge in [-0.05, 0) is 26.2 Å². The second kappa shape index (κ2) is 4.67. The average molecular weight is 238 g/mol. The normalized spacial score (nSPS) is 28.4. The van der Waals surface area contributed by atoms with Crippen molar-refractivity contribution in [3.05, 3.63) is 0 Å². The zero-order valence-corrected chi connectivity index (χ0v) is 10.8. The Morgan fingerprint density at radius 3 is 2.59 bits per heavy atom. The quantitative estimate of drug-likeness (QED) is 0.809. The molecule has 0 aromatic rings. The summed E-state index contributed by atoms with van der Waals surface area (Å²) in [6, 6.07) is -0.293. The van der Waals surface area contributed by atoms with E-state index in [0.717, 1.165) is 25.7 Å². The van der Waals surface area contributed by atoms with Crippen molar-refractivity contribution in [3.8, 4) is 0 Å². The number of nitrogens with one attached hydrogen (secondary N) is 1. The Labute approximate surface area is 103 Å². The summed E-state index contributed by atoms with van der Waals surface area (Å²) in [5.41, 5.74) is -0.0825. The lowest BCUT2D eigenvalue weighted by molar-refractivity contribution is -0.150. The van der Waals surface area contributed by atoms with Crippen LogP contribution in [-0.2, 0) is 9.59 Å². The number of rotatable bonds is 3. The van der Waals surface area contributed by atoms with Gasteiger partial charge in [0.05, 0.1) is 0 Å². The predicted molar refractivity (Wildman–Crippen MR) is 65.4 cm³/mol. The van der Waals surface area contributed by atoms with Crippen LogP contribution in [-0.4, -0.2) is 34.8 Å². The van der Waals surface area contributed by atoms with Crippen molar-refractivity contribution >= 4 is 11.8 Å². The monoisotopic (exact) mass is 238 g/mol. The van der Waals surface area contributed by atoms with Crippen LogP contribution < -0.4 is 5.32 Å². The van der Waals surface area contributed by atoms with Gasteiger partial charge in [0.15, 0.2) is 0 Å². The van der Waals surface area contributed by atoms with Crippen LogP contribution in [0.15, 0.2) is 0 Å². The molecule has 1 aliphatic heterocycles. The molecule has 1 saturated heterocycles. The molecule has 2 rings (SSSR count). The summed E-state index contributed by atoms with van der Waals surface area (Å²) in [6.45, 7) is 4.41. The van der Waals surface area contributed by atoms with Crippen LogP contribution in [0.2, 0.25) is 0 Å². The smallest absolute Gasteiger partial charge is 0.246 e. The van der Waals surface area contributed by atoms with Crippen LogP contribution in [0.5, 0.6) is 0 Å². The molecule has 0 bridgehead atoms. The molecule has 1 heterocycles. The highest BCUT2D eigenvalue weighted by Gasteiger charge is 2.43. The van der Waals surface area contributed by atoms with Crippen molar-refractivity contribution in [1.29, 1.82) is 0 Å².